The van der Waals surface area contributed by atoms with Crippen LogP contribution in [-0.4, -0.2) is 42.1 Å². The van der Waals surface area contributed by atoms with E-state index in [1.165, 1.54) is 5.57 Å². The molecular formula is C21H24N4O2. The molecule has 140 valence electrons. The average molecular weight is 364 g/mol. The average Bonchev–Trinajstić information content (AvgIpc) is 2.88. The number of allylic oxidation sites excluding steroid dienone is 2. The first-order valence-corrected chi connectivity index (χ1v) is 9.64. The number of hydrogen-bond acceptors (Lipinski definition) is 4. The number of ether oxygens (including phenoxy) is 1. The van der Waals surface area contributed by atoms with Gasteiger partial charge in [-0.2, -0.15) is 0 Å². The number of nitrogens with zero attached hydrogens (tertiary/aromatic N) is 4. The number of carbonyl (C=O) groups excluding carboxylic acids is 1. The van der Waals surface area contributed by atoms with E-state index >= 15 is 0 Å². The fraction of sp³-hybridized carbons (Fsp3) is 0.476. The Morgan fingerprint density at radius 1 is 1.26 bits per heavy atom. The molecule has 3 aliphatic rings. The van der Waals surface area contributed by atoms with Crippen LogP contribution in [0, 0.1) is 5.92 Å². The standard InChI is InChI=1S/C21H24N4O2/c22-24-23-12-11-19-20-17-10-6-2-5-9-16(17)14-25(20)18(21(26)27-19)13-15-7-3-1-4-8-15/h1,3-4,6-10,17-20H,2,5,11-14H2/t17-,18+,19+,20-/m1/s1. The van der Waals surface area contributed by atoms with Crippen LogP contribution in [0.4, 0.5) is 0 Å². The van der Waals surface area contributed by atoms with Crippen LogP contribution in [0.3, 0.4) is 0 Å². The molecule has 4 rings (SSSR count). The van der Waals surface area contributed by atoms with E-state index in [0.717, 1.165) is 24.9 Å². The minimum absolute atomic E-state index is 0.117. The molecule has 6 nitrogen and oxygen atoms in total. The van der Waals surface area contributed by atoms with Crippen molar-refractivity contribution in [2.75, 3.05) is 13.1 Å². The Labute approximate surface area is 159 Å². The van der Waals surface area contributed by atoms with Gasteiger partial charge in [0.15, 0.2) is 0 Å². The Hall–Kier alpha value is -2.56. The molecule has 27 heavy (non-hydrogen) atoms. The topological polar surface area (TPSA) is 78.3 Å². The molecule has 0 unspecified atom stereocenters. The lowest BCUT2D eigenvalue weighted by Crippen LogP contribution is -2.58. The number of fused-ring (bicyclic) bond motifs is 3. The minimum Gasteiger partial charge on any atom is -0.459 e. The Morgan fingerprint density at radius 2 is 2.11 bits per heavy atom. The van der Waals surface area contributed by atoms with Crippen LogP contribution in [0.1, 0.15) is 24.8 Å². The maximum absolute atomic E-state index is 12.9. The van der Waals surface area contributed by atoms with Crippen molar-refractivity contribution in [2.45, 2.75) is 43.9 Å². The van der Waals surface area contributed by atoms with Crippen LogP contribution in [0.25, 0.3) is 10.4 Å². The van der Waals surface area contributed by atoms with Gasteiger partial charge in [-0.3, -0.25) is 9.69 Å². The molecule has 0 bridgehead atoms. The van der Waals surface area contributed by atoms with E-state index in [1.807, 2.05) is 18.2 Å². The zero-order chi connectivity index (χ0) is 18.6. The highest BCUT2D eigenvalue weighted by Gasteiger charge is 2.51. The number of hydrogen-bond donors (Lipinski definition) is 0. The van der Waals surface area contributed by atoms with Crippen molar-refractivity contribution >= 4 is 5.97 Å². The van der Waals surface area contributed by atoms with Gasteiger partial charge in [-0.1, -0.05) is 59.2 Å². The van der Waals surface area contributed by atoms with Gasteiger partial charge in [-0.25, -0.2) is 0 Å². The van der Waals surface area contributed by atoms with Gasteiger partial charge in [0.1, 0.15) is 12.1 Å². The van der Waals surface area contributed by atoms with E-state index in [1.54, 1.807) is 0 Å². The van der Waals surface area contributed by atoms with Gasteiger partial charge in [0, 0.05) is 23.9 Å². The van der Waals surface area contributed by atoms with E-state index in [0.29, 0.717) is 19.4 Å². The molecule has 4 atom stereocenters. The van der Waals surface area contributed by atoms with Gasteiger partial charge in [-0.05, 0) is 36.8 Å². The molecule has 2 saturated heterocycles. The third-order valence-corrected chi connectivity index (χ3v) is 5.80. The van der Waals surface area contributed by atoms with Gasteiger partial charge < -0.3 is 4.74 Å². The molecule has 0 saturated carbocycles. The lowest BCUT2D eigenvalue weighted by Gasteiger charge is -2.42. The Morgan fingerprint density at radius 3 is 2.93 bits per heavy atom. The maximum atomic E-state index is 12.9. The van der Waals surface area contributed by atoms with Crippen molar-refractivity contribution in [1.29, 1.82) is 0 Å². The zero-order valence-electron chi connectivity index (χ0n) is 15.3. The molecule has 0 spiro atoms. The van der Waals surface area contributed by atoms with Crippen molar-refractivity contribution in [3.05, 3.63) is 70.1 Å². The van der Waals surface area contributed by atoms with Crippen molar-refractivity contribution in [3.8, 4) is 0 Å². The summed E-state index contributed by atoms with van der Waals surface area (Å²) in [6.07, 6.45) is 9.93. The van der Waals surface area contributed by atoms with E-state index in [-0.39, 0.29) is 30.1 Å². The molecule has 0 aromatic heterocycles. The Balaban J connectivity index is 1.63. The van der Waals surface area contributed by atoms with E-state index in [9.17, 15) is 4.79 Å². The largest absolute Gasteiger partial charge is 0.459 e. The molecule has 0 amide bonds. The van der Waals surface area contributed by atoms with Gasteiger partial charge >= 0.3 is 5.97 Å². The lowest BCUT2D eigenvalue weighted by atomic mass is 9.88. The van der Waals surface area contributed by atoms with Crippen molar-refractivity contribution in [3.63, 3.8) is 0 Å². The van der Waals surface area contributed by atoms with Gasteiger partial charge in [-0.15, -0.1) is 0 Å². The highest BCUT2D eigenvalue weighted by Crippen LogP contribution is 2.41. The number of benzene rings is 1. The number of azide groups is 1. The second-order valence-corrected chi connectivity index (χ2v) is 7.40. The summed E-state index contributed by atoms with van der Waals surface area (Å²) in [4.78, 5) is 18.0. The van der Waals surface area contributed by atoms with Gasteiger partial charge in [0.05, 0.1) is 6.04 Å². The SMILES string of the molecule is [N-]=[N+]=NCC[C@@H]1OC(=O)[C@H](Cc2ccccc2)N2CC3=CCCC=C[C@H]3[C@H]12. The second-order valence-electron chi connectivity index (χ2n) is 7.40. The summed E-state index contributed by atoms with van der Waals surface area (Å²) < 4.78 is 5.90. The number of rotatable bonds is 5. The summed E-state index contributed by atoms with van der Waals surface area (Å²) >= 11 is 0. The summed E-state index contributed by atoms with van der Waals surface area (Å²) in [7, 11) is 0. The summed E-state index contributed by atoms with van der Waals surface area (Å²) in [6.45, 7) is 1.15. The monoisotopic (exact) mass is 364 g/mol. The normalized spacial score (nSPS) is 29.8. The Kier molecular flexibility index (Phi) is 5.28. The molecule has 2 fully saturated rings. The van der Waals surface area contributed by atoms with Crippen molar-refractivity contribution in [1.82, 2.24) is 4.90 Å². The molecule has 1 aliphatic carbocycles. The molecule has 1 aromatic carbocycles. The molecule has 1 aromatic rings. The summed E-state index contributed by atoms with van der Waals surface area (Å²) in [5.41, 5.74) is 11.1. The van der Waals surface area contributed by atoms with Gasteiger partial charge in [0.25, 0.3) is 0 Å². The molecule has 6 heteroatoms. The van der Waals surface area contributed by atoms with E-state index in [2.05, 4.69) is 45.3 Å². The van der Waals surface area contributed by atoms with Crippen LogP contribution >= 0.6 is 0 Å². The number of esters is 1. The fourth-order valence-electron chi connectivity index (χ4n) is 4.59. The second kappa shape index (κ2) is 7.99. The minimum atomic E-state index is -0.269. The summed E-state index contributed by atoms with van der Waals surface area (Å²) in [5, 5.41) is 3.65. The van der Waals surface area contributed by atoms with Crippen LogP contribution in [0.5, 0.6) is 0 Å². The van der Waals surface area contributed by atoms with Crippen LogP contribution < -0.4 is 0 Å². The predicted octanol–water partition coefficient (Wildman–Crippen LogP) is 3.80. The molecule has 0 radical (unpaired) electrons. The van der Waals surface area contributed by atoms with E-state index in [4.69, 9.17) is 10.3 Å². The number of morpholine rings is 1. The third kappa shape index (κ3) is 3.64. The molecular weight excluding hydrogens is 340 g/mol. The number of cyclic esters (lactones) is 1. The smallest absolute Gasteiger partial charge is 0.324 e. The number of carbonyl (C=O) groups is 1. The first kappa shape index (κ1) is 17.8. The fourth-order valence-corrected chi connectivity index (χ4v) is 4.59. The molecule has 2 aliphatic heterocycles. The first-order chi connectivity index (χ1) is 13.3. The van der Waals surface area contributed by atoms with Crippen molar-refractivity contribution < 1.29 is 9.53 Å². The highest BCUT2D eigenvalue weighted by molar-refractivity contribution is 5.78. The van der Waals surface area contributed by atoms with Gasteiger partial charge in [0.2, 0.25) is 0 Å². The lowest BCUT2D eigenvalue weighted by molar-refractivity contribution is -0.172. The first-order valence-electron chi connectivity index (χ1n) is 9.64. The molecule has 2 heterocycles. The molecule has 0 N–H and O–H groups in total. The highest BCUT2D eigenvalue weighted by atomic mass is 16.6. The quantitative estimate of drug-likeness (QED) is 0.262. The van der Waals surface area contributed by atoms with Crippen LogP contribution in [0.2, 0.25) is 0 Å². The Bertz CT molecular complexity index is 798. The zero-order valence-corrected chi connectivity index (χ0v) is 15.3. The summed E-state index contributed by atoms with van der Waals surface area (Å²) in [5.74, 6) is 0.108. The summed E-state index contributed by atoms with van der Waals surface area (Å²) in [6, 6.07) is 9.96. The van der Waals surface area contributed by atoms with E-state index < -0.39 is 0 Å². The third-order valence-electron chi connectivity index (χ3n) is 5.80. The van der Waals surface area contributed by atoms with Crippen LogP contribution in [0.15, 0.2) is 59.2 Å². The predicted molar refractivity (Wildman–Crippen MR) is 103 cm³/mol. The van der Waals surface area contributed by atoms with Crippen molar-refractivity contribution in [2.24, 2.45) is 11.0 Å². The van der Waals surface area contributed by atoms with Crippen LogP contribution in [-0.2, 0) is 16.0 Å². The maximum Gasteiger partial charge on any atom is 0.324 e.